The molecule has 2 aliphatic rings. The van der Waals surface area contributed by atoms with Gasteiger partial charge >= 0.3 is 5.97 Å². The van der Waals surface area contributed by atoms with Gasteiger partial charge in [0.25, 0.3) is 0 Å². The zero-order valence-corrected chi connectivity index (χ0v) is 12.9. The van der Waals surface area contributed by atoms with Gasteiger partial charge in [-0.3, -0.25) is 9.59 Å². The minimum Gasteiger partial charge on any atom is -0.469 e. The largest absolute Gasteiger partial charge is 0.469 e. The lowest BCUT2D eigenvalue weighted by atomic mass is 9.81. The maximum absolute atomic E-state index is 14.0. The number of benzene rings is 1. The fraction of sp³-hybridized carbons (Fsp3) is 0.529. The number of hydrogen-bond donors (Lipinski definition) is 0. The maximum Gasteiger partial charge on any atom is 0.313 e. The Morgan fingerprint density at radius 3 is 2.86 bits per heavy atom. The second kappa shape index (κ2) is 5.38. The quantitative estimate of drug-likeness (QED) is 0.636. The molecule has 0 amide bonds. The average Bonchev–Trinajstić information content (AvgIpc) is 3.03. The highest BCUT2D eigenvalue weighted by Crippen LogP contribution is 2.50. The fourth-order valence-corrected chi connectivity index (χ4v) is 4.13. The molecule has 1 saturated carbocycles. The molecule has 4 nitrogen and oxygen atoms in total. The molecule has 2 fully saturated rings. The molecule has 2 unspecified atom stereocenters. The van der Waals surface area contributed by atoms with E-state index in [1.165, 1.54) is 20.1 Å². The third kappa shape index (κ3) is 2.11. The van der Waals surface area contributed by atoms with Crippen LogP contribution in [0.5, 0.6) is 0 Å². The van der Waals surface area contributed by atoms with Crippen molar-refractivity contribution in [2.24, 2.45) is 11.3 Å². The molecule has 0 bridgehead atoms. The van der Waals surface area contributed by atoms with E-state index in [4.69, 9.17) is 4.74 Å². The van der Waals surface area contributed by atoms with Crippen LogP contribution in [0.15, 0.2) is 18.2 Å². The molecule has 0 radical (unpaired) electrons. The smallest absolute Gasteiger partial charge is 0.313 e. The second-order valence-corrected chi connectivity index (χ2v) is 6.31. The van der Waals surface area contributed by atoms with E-state index in [1.807, 2.05) is 4.90 Å². The normalized spacial score (nSPS) is 26.9. The van der Waals surface area contributed by atoms with Crippen LogP contribution in [0.3, 0.4) is 0 Å². The summed E-state index contributed by atoms with van der Waals surface area (Å²) >= 11 is 0. The van der Waals surface area contributed by atoms with Crippen molar-refractivity contribution in [1.29, 1.82) is 0 Å². The molecule has 118 valence electrons. The zero-order valence-electron chi connectivity index (χ0n) is 12.9. The molecule has 1 aliphatic heterocycles. The Hall–Kier alpha value is -1.91. The van der Waals surface area contributed by atoms with Gasteiger partial charge in [-0.25, -0.2) is 4.39 Å². The number of hydrogen-bond acceptors (Lipinski definition) is 4. The van der Waals surface area contributed by atoms with Crippen molar-refractivity contribution in [2.45, 2.75) is 26.2 Å². The Morgan fingerprint density at radius 1 is 1.41 bits per heavy atom. The summed E-state index contributed by atoms with van der Waals surface area (Å²) in [4.78, 5) is 26.1. The summed E-state index contributed by atoms with van der Waals surface area (Å²) in [7, 11) is 1.41. The van der Waals surface area contributed by atoms with Crippen molar-refractivity contribution < 1.29 is 18.7 Å². The molecule has 0 aromatic heterocycles. The Balaban J connectivity index is 1.98. The Bertz CT molecular complexity index is 630. The highest BCUT2D eigenvalue weighted by molar-refractivity contribution is 6.00. The van der Waals surface area contributed by atoms with Crippen LogP contribution < -0.4 is 4.90 Å². The standard InChI is InChI=1S/C17H20FNO3/c1-11(20)15-13(18)6-3-7-14(15)19-9-12-5-4-8-17(12,10-19)16(21)22-2/h3,6-7,12H,4-5,8-10H2,1-2H3. The molecular weight excluding hydrogens is 285 g/mol. The summed E-state index contributed by atoms with van der Waals surface area (Å²) < 4.78 is 19.0. The number of ether oxygens (including phenoxy) is 1. The van der Waals surface area contributed by atoms with Gasteiger partial charge in [0, 0.05) is 13.1 Å². The number of esters is 1. The van der Waals surface area contributed by atoms with Crippen LogP contribution in [0.4, 0.5) is 10.1 Å². The number of carbonyl (C=O) groups excluding carboxylic acids is 2. The second-order valence-electron chi connectivity index (χ2n) is 6.31. The topological polar surface area (TPSA) is 46.6 Å². The van der Waals surface area contributed by atoms with E-state index in [0.717, 1.165) is 19.3 Å². The van der Waals surface area contributed by atoms with Crippen LogP contribution >= 0.6 is 0 Å². The summed E-state index contributed by atoms with van der Waals surface area (Å²) in [5, 5.41) is 0. The van der Waals surface area contributed by atoms with Gasteiger partial charge in [0.15, 0.2) is 5.78 Å². The third-order valence-corrected chi connectivity index (χ3v) is 5.15. The number of carbonyl (C=O) groups is 2. The predicted molar refractivity (Wildman–Crippen MR) is 80.4 cm³/mol. The van der Waals surface area contributed by atoms with Crippen molar-refractivity contribution in [3.05, 3.63) is 29.6 Å². The lowest BCUT2D eigenvalue weighted by molar-refractivity contribution is -0.152. The van der Waals surface area contributed by atoms with Crippen LogP contribution in [-0.2, 0) is 9.53 Å². The van der Waals surface area contributed by atoms with Crippen LogP contribution in [0.2, 0.25) is 0 Å². The predicted octanol–water partition coefficient (Wildman–Crippen LogP) is 2.81. The summed E-state index contributed by atoms with van der Waals surface area (Å²) in [6.07, 6.45) is 2.78. The maximum atomic E-state index is 14.0. The Kier molecular flexibility index (Phi) is 3.67. The number of fused-ring (bicyclic) bond motifs is 1. The lowest BCUT2D eigenvalue weighted by Crippen LogP contribution is -2.37. The summed E-state index contributed by atoms with van der Waals surface area (Å²) in [6, 6.07) is 4.66. The Labute approximate surface area is 129 Å². The summed E-state index contributed by atoms with van der Waals surface area (Å²) in [6.45, 7) is 2.53. The molecule has 1 saturated heterocycles. The molecule has 5 heteroatoms. The molecule has 0 spiro atoms. The van der Waals surface area contributed by atoms with Crippen molar-refractivity contribution in [2.75, 3.05) is 25.1 Å². The van der Waals surface area contributed by atoms with E-state index in [1.54, 1.807) is 12.1 Å². The SMILES string of the molecule is COC(=O)C12CCCC1CN(c1cccc(F)c1C(C)=O)C2. The van der Waals surface area contributed by atoms with Gasteiger partial charge in [-0.1, -0.05) is 12.5 Å². The molecule has 1 aliphatic carbocycles. The lowest BCUT2D eigenvalue weighted by Gasteiger charge is -2.26. The van der Waals surface area contributed by atoms with E-state index in [-0.39, 0.29) is 23.2 Å². The minimum atomic E-state index is -0.505. The number of nitrogens with zero attached hydrogens (tertiary/aromatic N) is 1. The van der Waals surface area contributed by atoms with Gasteiger partial charge in [0.1, 0.15) is 5.82 Å². The van der Waals surface area contributed by atoms with Gasteiger partial charge < -0.3 is 9.64 Å². The van der Waals surface area contributed by atoms with Gasteiger partial charge in [-0.15, -0.1) is 0 Å². The number of rotatable bonds is 3. The minimum absolute atomic E-state index is 0.113. The summed E-state index contributed by atoms with van der Waals surface area (Å²) in [5.74, 6) is -0.771. The highest BCUT2D eigenvalue weighted by atomic mass is 19.1. The van der Waals surface area contributed by atoms with E-state index < -0.39 is 11.2 Å². The van der Waals surface area contributed by atoms with E-state index in [9.17, 15) is 14.0 Å². The van der Waals surface area contributed by atoms with E-state index in [2.05, 4.69) is 0 Å². The van der Waals surface area contributed by atoms with Gasteiger partial charge in [0.2, 0.25) is 0 Å². The van der Waals surface area contributed by atoms with Crippen molar-refractivity contribution in [3.8, 4) is 0 Å². The van der Waals surface area contributed by atoms with Crippen LogP contribution in [0.25, 0.3) is 0 Å². The first kappa shape index (κ1) is 15.0. The first-order valence-electron chi connectivity index (χ1n) is 7.62. The third-order valence-electron chi connectivity index (χ3n) is 5.15. The number of methoxy groups -OCH3 is 1. The monoisotopic (exact) mass is 305 g/mol. The van der Waals surface area contributed by atoms with E-state index in [0.29, 0.717) is 18.8 Å². The zero-order chi connectivity index (χ0) is 15.9. The number of Topliss-reactive ketones (excluding diaryl/α,β-unsaturated/α-hetero) is 1. The first-order chi connectivity index (χ1) is 10.5. The molecule has 3 rings (SSSR count). The van der Waals surface area contributed by atoms with Crippen molar-refractivity contribution in [1.82, 2.24) is 0 Å². The van der Waals surface area contributed by atoms with Crippen LogP contribution in [0.1, 0.15) is 36.5 Å². The average molecular weight is 305 g/mol. The molecular formula is C17H20FNO3. The molecule has 1 aromatic rings. The summed E-state index contributed by atoms with van der Waals surface area (Å²) in [5.41, 5.74) is 0.197. The van der Waals surface area contributed by atoms with Crippen LogP contribution in [0, 0.1) is 17.2 Å². The molecule has 1 aromatic carbocycles. The number of ketones is 1. The number of halogens is 1. The number of anilines is 1. The molecule has 1 heterocycles. The molecule has 2 atom stereocenters. The van der Waals surface area contributed by atoms with Crippen molar-refractivity contribution in [3.63, 3.8) is 0 Å². The van der Waals surface area contributed by atoms with Gasteiger partial charge in [-0.05, 0) is 37.8 Å². The Morgan fingerprint density at radius 2 is 2.18 bits per heavy atom. The van der Waals surface area contributed by atoms with Crippen molar-refractivity contribution >= 4 is 17.4 Å². The van der Waals surface area contributed by atoms with Crippen LogP contribution in [-0.4, -0.2) is 32.0 Å². The van der Waals surface area contributed by atoms with E-state index >= 15 is 0 Å². The fourth-order valence-electron chi connectivity index (χ4n) is 4.13. The first-order valence-corrected chi connectivity index (χ1v) is 7.62. The molecule has 0 N–H and O–H groups in total. The van der Waals surface area contributed by atoms with Gasteiger partial charge in [0.05, 0.1) is 23.8 Å². The van der Waals surface area contributed by atoms with Gasteiger partial charge in [-0.2, -0.15) is 0 Å². The molecule has 22 heavy (non-hydrogen) atoms. The highest BCUT2D eigenvalue weighted by Gasteiger charge is 2.55.